The first-order valence-corrected chi connectivity index (χ1v) is 10.7. The molecule has 9 heteroatoms. The molecule has 0 aliphatic rings. The quantitative estimate of drug-likeness (QED) is 0.485. The highest BCUT2D eigenvalue weighted by Crippen LogP contribution is 2.38. The van der Waals surface area contributed by atoms with Crippen LogP contribution in [0.4, 0.5) is 10.1 Å². The average Bonchev–Trinajstić information content (AvgIpc) is 3.01. The second kappa shape index (κ2) is 6.78. The number of benzene rings is 3. The topological polar surface area (TPSA) is 84.7 Å². The molecule has 0 saturated carbocycles. The SMILES string of the molecule is CC(=O)N(c1cc2sc(=O)oc2c2ccccc12)S(=O)(=O)c1ccc(F)cc1C. The van der Waals surface area contributed by atoms with Crippen LogP contribution in [0.15, 0.2) is 62.6 Å². The number of fused-ring (bicyclic) bond motifs is 3. The second-order valence-corrected chi connectivity index (χ2v) is 9.15. The minimum Gasteiger partial charge on any atom is -0.413 e. The van der Waals surface area contributed by atoms with E-state index in [4.69, 9.17) is 4.42 Å². The van der Waals surface area contributed by atoms with Gasteiger partial charge in [0, 0.05) is 17.7 Å². The highest BCUT2D eigenvalue weighted by atomic mass is 32.2. The summed E-state index contributed by atoms with van der Waals surface area (Å²) in [4.78, 5) is 23.6. The van der Waals surface area contributed by atoms with Gasteiger partial charge in [0.1, 0.15) is 5.82 Å². The molecule has 0 atom stereocenters. The first kappa shape index (κ1) is 19.3. The van der Waals surface area contributed by atoms with Gasteiger partial charge in [-0.3, -0.25) is 4.79 Å². The van der Waals surface area contributed by atoms with Crippen molar-refractivity contribution in [2.45, 2.75) is 18.7 Å². The number of nitrogens with zero attached hydrogens (tertiary/aromatic N) is 1. The summed E-state index contributed by atoms with van der Waals surface area (Å²) in [5, 5.41) is 0.940. The fourth-order valence-electron chi connectivity index (χ4n) is 3.32. The lowest BCUT2D eigenvalue weighted by molar-refractivity contribution is -0.115. The van der Waals surface area contributed by atoms with E-state index < -0.39 is 26.7 Å². The van der Waals surface area contributed by atoms with E-state index in [2.05, 4.69) is 0 Å². The smallest absolute Gasteiger partial charge is 0.396 e. The van der Waals surface area contributed by atoms with Crippen LogP contribution >= 0.6 is 11.3 Å². The van der Waals surface area contributed by atoms with Crippen LogP contribution in [-0.4, -0.2) is 14.3 Å². The predicted octanol–water partition coefficient (Wildman–Crippen LogP) is 4.20. The maximum atomic E-state index is 13.5. The van der Waals surface area contributed by atoms with E-state index in [1.54, 1.807) is 24.3 Å². The third kappa shape index (κ3) is 3.12. The molecule has 1 aromatic heterocycles. The van der Waals surface area contributed by atoms with Crippen LogP contribution in [-0.2, 0) is 14.8 Å². The lowest BCUT2D eigenvalue weighted by Crippen LogP contribution is -2.35. The van der Waals surface area contributed by atoms with E-state index in [0.29, 0.717) is 25.4 Å². The average molecular weight is 431 g/mol. The Morgan fingerprint density at radius 2 is 1.79 bits per heavy atom. The van der Waals surface area contributed by atoms with Crippen molar-refractivity contribution in [2.24, 2.45) is 0 Å². The van der Waals surface area contributed by atoms with Gasteiger partial charge in [-0.2, -0.15) is 0 Å². The van der Waals surface area contributed by atoms with Crippen LogP contribution in [0, 0.1) is 12.7 Å². The fraction of sp³-hybridized carbons (Fsp3) is 0.100. The summed E-state index contributed by atoms with van der Waals surface area (Å²) in [6.45, 7) is 2.59. The zero-order valence-corrected chi connectivity index (χ0v) is 16.9. The number of rotatable bonds is 3. The molecule has 4 aromatic rings. The van der Waals surface area contributed by atoms with E-state index in [1.165, 1.54) is 13.0 Å². The Morgan fingerprint density at radius 3 is 2.45 bits per heavy atom. The van der Waals surface area contributed by atoms with Crippen molar-refractivity contribution in [2.75, 3.05) is 4.31 Å². The van der Waals surface area contributed by atoms with Gasteiger partial charge < -0.3 is 4.42 Å². The summed E-state index contributed by atoms with van der Waals surface area (Å²) >= 11 is 0.817. The Bertz CT molecular complexity index is 1450. The van der Waals surface area contributed by atoms with Gasteiger partial charge >= 0.3 is 4.94 Å². The maximum absolute atomic E-state index is 13.5. The molecule has 0 fully saturated rings. The van der Waals surface area contributed by atoms with E-state index >= 15 is 0 Å². The molecule has 1 amide bonds. The Hall–Kier alpha value is -3.04. The van der Waals surface area contributed by atoms with Crippen LogP contribution in [0.1, 0.15) is 12.5 Å². The predicted molar refractivity (Wildman–Crippen MR) is 109 cm³/mol. The van der Waals surface area contributed by atoms with Crippen LogP contribution in [0.2, 0.25) is 0 Å². The highest BCUT2D eigenvalue weighted by Gasteiger charge is 2.32. The van der Waals surface area contributed by atoms with Crippen molar-refractivity contribution in [3.8, 4) is 0 Å². The van der Waals surface area contributed by atoms with Gasteiger partial charge in [-0.05, 0) is 36.8 Å². The molecule has 0 spiro atoms. The lowest BCUT2D eigenvalue weighted by atomic mass is 10.1. The number of carbonyl (C=O) groups excluding carboxylic acids is 1. The lowest BCUT2D eigenvalue weighted by Gasteiger charge is -2.23. The number of halogens is 1. The first-order valence-electron chi connectivity index (χ1n) is 8.47. The molecule has 148 valence electrons. The van der Waals surface area contributed by atoms with E-state index in [0.717, 1.165) is 36.5 Å². The molecule has 0 saturated heterocycles. The number of hydrogen-bond donors (Lipinski definition) is 0. The van der Waals surface area contributed by atoms with Crippen molar-refractivity contribution >= 4 is 54.0 Å². The largest absolute Gasteiger partial charge is 0.413 e. The van der Waals surface area contributed by atoms with Crippen LogP contribution < -0.4 is 9.24 Å². The van der Waals surface area contributed by atoms with E-state index in [1.807, 2.05) is 0 Å². The minimum atomic E-state index is -4.34. The van der Waals surface area contributed by atoms with Crippen molar-refractivity contribution in [3.05, 3.63) is 69.6 Å². The first-order chi connectivity index (χ1) is 13.7. The molecule has 0 aliphatic heterocycles. The Kier molecular flexibility index (Phi) is 4.51. The number of amides is 1. The summed E-state index contributed by atoms with van der Waals surface area (Å²) in [7, 11) is -4.34. The van der Waals surface area contributed by atoms with Gasteiger partial charge in [-0.25, -0.2) is 21.9 Å². The summed E-state index contributed by atoms with van der Waals surface area (Å²) in [5.41, 5.74) is 0.606. The van der Waals surface area contributed by atoms with Gasteiger partial charge in [-0.15, -0.1) is 0 Å². The van der Waals surface area contributed by atoms with Crippen molar-refractivity contribution in [3.63, 3.8) is 0 Å². The molecule has 0 unspecified atom stereocenters. The third-order valence-corrected chi connectivity index (χ3v) is 7.20. The zero-order valence-electron chi connectivity index (χ0n) is 15.3. The molecule has 0 radical (unpaired) electrons. The van der Waals surface area contributed by atoms with Crippen LogP contribution in [0.3, 0.4) is 0 Å². The van der Waals surface area contributed by atoms with E-state index in [9.17, 15) is 22.4 Å². The number of sulfonamides is 1. The zero-order chi connectivity index (χ0) is 20.9. The Morgan fingerprint density at radius 1 is 1.10 bits per heavy atom. The van der Waals surface area contributed by atoms with Crippen LogP contribution in [0.5, 0.6) is 0 Å². The molecule has 3 aromatic carbocycles. The minimum absolute atomic E-state index is 0.0985. The van der Waals surface area contributed by atoms with Gasteiger partial charge in [0.15, 0.2) is 5.58 Å². The molecule has 29 heavy (non-hydrogen) atoms. The molecule has 0 N–H and O–H groups in total. The maximum Gasteiger partial charge on any atom is 0.396 e. The molecular weight excluding hydrogens is 417 g/mol. The molecule has 6 nitrogen and oxygen atoms in total. The van der Waals surface area contributed by atoms with Gasteiger partial charge in [0.2, 0.25) is 5.91 Å². The van der Waals surface area contributed by atoms with Crippen molar-refractivity contribution in [1.29, 1.82) is 0 Å². The number of carbonyl (C=O) groups is 1. The Labute approximate surface area is 168 Å². The summed E-state index contributed by atoms with van der Waals surface area (Å²) in [5.74, 6) is -1.32. The molecule has 1 heterocycles. The monoisotopic (exact) mass is 431 g/mol. The summed E-state index contributed by atoms with van der Waals surface area (Å²) < 4.78 is 46.6. The van der Waals surface area contributed by atoms with Crippen LogP contribution in [0.25, 0.3) is 21.1 Å². The van der Waals surface area contributed by atoms with Gasteiger partial charge in [0.25, 0.3) is 10.0 Å². The molecular formula is C20H14FNO5S2. The number of hydrogen-bond acceptors (Lipinski definition) is 6. The Balaban J connectivity index is 2.07. The summed E-state index contributed by atoms with van der Waals surface area (Å²) in [6.07, 6.45) is 0. The van der Waals surface area contributed by atoms with Crippen molar-refractivity contribution in [1.82, 2.24) is 0 Å². The second-order valence-electron chi connectivity index (χ2n) is 6.42. The molecule has 4 rings (SSSR count). The number of anilines is 1. The highest BCUT2D eigenvalue weighted by molar-refractivity contribution is 7.93. The van der Waals surface area contributed by atoms with Crippen molar-refractivity contribution < 1.29 is 22.0 Å². The van der Waals surface area contributed by atoms with Gasteiger partial charge in [0.05, 0.1) is 15.3 Å². The fourth-order valence-corrected chi connectivity index (χ4v) is 5.69. The number of aryl methyl sites for hydroxylation is 1. The molecule has 0 bridgehead atoms. The van der Waals surface area contributed by atoms with E-state index in [-0.39, 0.29) is 16.1 Å². The van der Waals surface area contributed by atoms with Gasteiger partial charge in [-0.1, -0.05) is 35.6 Å². The molecule has 0 aliphatic carbocycles. The third-order valence-electron chi connectivity index (χ3n) is 4.48. The summed E-state index contributed by atoms with van der Waals surface area (Å²) in [6, 6.07) is 11.4. The normalized spacial score (nSPS) is 11.8. The standard InChI is InChI=1S/C20H14FNO5S2/c1-11-9-13(21)7-8-18(11)29(25,26)22(12(2)23)16-10-17-19(27-20(24)28-17)15-6-4-3-5-14(15)16/h3-10H,1-2H3.